The van der Waals surface area contributed by atoms with Crippen molar-refractivity contribution in [1.29, 1.82) is 0 Å². The lowest BCUT2D eigenvalue weighted by atomic mass is 10.2. The van der Waals surface area contributed by atoms with Crippen LogP contribution in [0.4, 0.5) is 0 Å². The maximum absolute atomic E-state index is 12.4. The lowest BCUT2D eigenvalue weighted by molar-refractivity contribution is 0.190. The van der Waals surface area contributed by atoms with Crippen LogP contribution in [-0.2, 0) is 10.0 Å². The molecule has 0 radical (unpaired) electrons. The van der Waals surface area contributed by atoms with Crippen molar-refractivity contribution in [2.24, 2.45) is 4.99 Å². The Morgan fingerprint density at radius 3 is 2.52 bits per heavy atom. The molecule has 2 N–H and O–H groups in total. The minimum Gasteiger partial charge on any atom is -0.497 e. The van der Waals surface area contributed by atoms with E-state index in [-0.39, 0.29) is 4.90 Å². The molecule has 0 bridgehead atoms. The third-order valence-electron chi connectivity index (χ3n) is 4.30. The van der Waals surface area contributed by atoms with Gasteiger partial charge in [0.25, 0.3) is 10.0 Å². The Kier molecular flexibility index (Phi) is 4.72. The van der Waals surface area contributed by atoms with Crippen LogP contribution in [0.25, 0.3) is 0 Å². The monoisotopic (exact) mass is 338 g/mol. The van der Waals surface area contributed by atoms with Gasteiger partial charge in [-0.05, 0) is 37.1 Å². The van der Waals surface area contributed by atoms with Gasteiger partial charge in [-0.2, -0.15) is 0 Å². The summed E-state index contributed by atoms with van der Waals surface area (Å²) in [6, 6.07) is 6.81. The smallest absolute Gasteiger partial charge is 0.264 e. The number of hydrogen-bond acceptors (Lipinski definition) is 6. The summed E-state index contributed by atoms with van der Waals surface area (Å²) in [5, 5.41) is 3.06. The number of ether oxygens (including phenoxy) is 1. The molecule has 1 aliphatic carbocycles. The Balaban J connectivity index is 1.63. The molecule has 3 rings (SSSR count). The Morgan fingerprint density at radius 1 is 1.26 bits per heavy atom. The molecule has 1 heterocycles. The van der Waals surface area contributed by atoms with Gasteiger partial charge in [0.1, 0.15) is 5.75 Å². The molecule has 1 saturated carbocycles. The molecular formula is C15H22N4O3S. The summed E-state index contributed by atoms with van der Waals surface area (Å²) >= 11 is 0. The van der Waals surface area contributed by atoms with Crippen LogP contribution < -0.4 is 14.8 Å². The molecule has 7 nitrogen and oxygen atoms in total. The zero-order valence-electron chi connectivity index (χ0n) is 13.2. The molecule has 1 aromatic rings. The summed E-state index contributed by atoms with van der Waals surface area (Å²) in [4.78, 5) is 6.75. The quantitative estimate of drug-likeness (QED) is 0.859. The molecule has 1 aromatic carbocycles. The van der Waals surface area contributed by atoms with Gasteiger partial charge >= 0.3 is 0 Å². The van der Waals surface area contributed by atoms with Gasteiger partial charge in [-0.1, -0.05) is 12.8 Å². The number of nitrogens with zero attached hydrogens (tertiary/aromatic N) is 2. The summed E-state index contributed by atoms with van der Waals surface area (Å²) in [6.45, 7) is 1.15. The molecule has 0 amide bonds. The fourth-order valence-electron chi connectivity index (χ4n) is 2.97. The van der Waals surface area contributed by atoms with E-state index < -0.39 is 10.0 Å². The zero-order chi connectivity index (χ0) is 16.3. The topological polar surface area (TPSA) is 83.0 Å². The first-order chi connectivity index (χ1) is 11.1. The molecule has 0 saturated heterocycles. The normalized spacial score (nSPS) is 20.0. The number of nitrogens with one attached hydrogen (secondary N) is 2. The maximum atomic E-state index is 12.4. The van der Waals surface area contributed by atoms with E-state index in [1.165, 1.54) is 37.8 Å². The second-order valence-corrected chi connectivity index (χ2v) is 7.47. The van der Waals surface area contributed by atoms with Crippen molar-refractivity contribution in [2.75, 3.05) is 20.4 Å². The number of benzene rings is 1. The van der Waals surface area contributed by atoms with Gasteiger partial charge in [-0.15, -0.1) is 0 Å². The fraction of sp³-hybridized carbons (Fsp3) is 0.533. The standard InChI is InChI=1S/C15H22N4O3S/c1-22-13-6-8-14(9-7-13)23(20,21)18-15-16-10-19(11-17-15)12-4-2-3-5-12/h6-9,12H,2-5,10-11H2,1H3,(H2,16,17,18). The van der Waals surface area contributed by atoms with Crippen molar-refractivity contribution < 1.29 is 13.2 Å². The van der Waals surface area contributed by atoms with E-state index in [0.717, 1.165) is 0 Å². The van der Waals surface area contributed by atoms with E-state index >= 15 is 0 Å². The second-order valence-electron chi connectivity index (χ2n) is 5.79. The van der Waals surface area contributed by atoms with E-state index in [1.807, 2.05) is 0 Å². The molecule has 0 atom stereocenters. The Morgan fingerprint density at radius 2 is 1.96 bits per heavy atom. The first kappa shape index (κ1) is 16.1. The molecule has 0 unspecified atom stereocenters. The van der Waals surface area contributed by atoms with Crippen LogP contribution in [-0.4, -0.2) is 45.8 Å². The molecule has 126 valence electrons. The highest BCUT2D eigenvalue weighted by atomic mass is 32.2. The first-order valence-corrected chi connectivity index (χ1v) is 9.26. The van der Waals surface area contributed by atoms with Gasteiger partial charge in [0, 0.05) is 6.04 Å². The van der Waals surface area contributed by atoms with Gasteiger partial charge in [0.05, 0.1) is 25.3 Å². The number of methoxy groups -OCH3 is 1. The summed E-state index contributed by atoms with van der Waals surface area (Å²) in [6.07, 6.45) is 4.93. The van der Waals surface area contributed by atoms with Crippen molar-refractivity contribution in [3.8, 4) is 5.75 Å². The maximum Gasteiger partial charge on any atom is 0.264 e. The zero-order valence-corrected chi connectivity index (χ0v) is 14.0. The van der Waals surface area contributed by atoms with E-state index in [2.05, 4.69) is 19.9 Å². The van der Waals surface area contributed by atoms with Gasteiger partial charge in [0.2, 0.25) is 5.96 Å². The minimum absolute atomic E-state index is 0.182. The number of rotatable bonds is 4. The van der Waals surface area contributed by atoms with E-state index in [1.54, 1.807) is 19.2 Å². The van der Waals surface area contributed by atoms with E-state index in [9.17, 15) is 8.42 Å². The number of hydrogen-bond donors (Lipinski definition) is 2. The predicted octanol–water partition coefficient (Wildman–Crippen LogP) is 1.09. The molecule has 1 aliphatic heterocycles. The Labute approximate surface area is 136 Å². The molecule has 0 spiro atoms. The van der Waals surface area contributed by atoms with Crippen molar-refractivity contribution in [3.05, 3.63) is 24.3 Å². The number of guanidine groups is 1. The van der Waals surface area contributed by atoms with E-state index in [4.69, 9.17) is 4.74 Å². The van der Waals surface area contributed by atoms with Crippen LogP contribution in [0.5, 0.6) is 5.75 Å². The van der Waals surface area contributed by atoms with Crippen molar-refractivity contribution >= 4 is 16.0 Å². The summed E-state index contributed by atoms with van der Waals surface area (Å²) in [5.74, 6) is 0.916. The van der Waals surface area contributed by atoms with Crippen LogP contribution in [0.3, 0.4) is 0 Å². The Hall–Kier alpha value is -1.80. The molecule has 2 aliphatic rings. The average molecular weight is 338 g/mol. The third-order valence-corrected chi connectivity index (χ3v) is 5.66. The lowest BCUT2D eigenvalue weighted by Gasteiger charge is -2.31. The van der Waals surface area contributed by atoms with Crippen LogP contribution >= 0.6 is 0 Å². The average Bonchev–Trinajstić information content (AvgIpc) is 3.10. The van der Waals surface area contributed by atoms with Crippen LogP contribution in [0.15, 0.2) is 34.2 Å². The summed E-state index contributed by atoms with van der Waals surface area (Å²) in [7, 11) is -2.10. The number of aliphatic imine (C=N–C) groups is 1. The van der Waals surface area contributed by atoms with Gasteiger partial charge in [-0.3, -0.25) is 4.90 Å². The summed E-state index contributed by atoms with van der Waals surface area (Å²) < 4.78 is 32.2. The largest absolute Gasteiger partial charge is 0.497 e. The lowest BCUT2D eigenvalue weighted by Crippen LogP contribution is -2.52. The number of sulfonamides is 1. The highest BCUT2D eigenvalue weighted by Crippen LogP contribution is 2.23. The van der Waals surface area contributed by atoms with Crippen molar-refractivity contribution in [3.63, 3.8) is 0 Å². The molecule has 8 heteroatoms. The third kappa shape index (κ3) is 3.76. The van der Waals surface area contributed by atoms with Crippen molar-refractivity contribution in [1.82, 2.24) is 14.9 Å². The Bertz CT molecular complexity index is 666. The van der Waals surface area contributed by atoms with Crippen molar-refractivity contribution in [2.45, 2.75) is 36.6 Å². The molecule has 1 fully saturated rings. The molecule has 0 aromatic heterocycles. The highest BCUT2D eigenvalue weighted by molar-refractivity contribution is 7.90. The SMILES string of the molecule is COc1ccc(S(=O)(=O)NC2=NCN(C3CCCC3)CN2)cc1. The summed E-state index contributed by atoms with van der Waals surface area (Å²) in [5.41, 5.74) is 0. The first-order valence-electron chi connectivity index (χ1n) is 7.78. The van der Waals surface area contributed by atoms with Crippen LogP contribution in [0.1, 0.15) is 25.7 Å². The van der Waals surface area contributed by atoms with Crippen LogP contribution in [0.2, 0.25) is 0 Å². The van der Waals surface area contributed by atoms with Gasteiger partial charge in [0.15, 0.2) is 0 Å². The van der Waals surface area contributed by atoms with Crippen LogP contribution in [0, 0.1) is 0 Å². The van der Waals surface area contributed by atoms with Gasteiger partial charge in [-0.25, -0.2) is 18.1 Å². The predicted molar refractivity (Wildman–Crippen MR) is 87.7 cm³/mol. The van der Waals surface area contributed by atoms with Gasteiger partial charge < -0.3 is 10.1 Å². The minimum atomic E-state index is -3.64. The fourth-order valence-corrected chi connectivity index (χ4v) is 3.97. The second kappa shape index (κ2) is 6.76. The molecular weight excluding hydrogens is 316 g/mol. The molecule has 23 heavy (non-hydrogen) atoms. The van der Waals surface area contributed by atoms with E-state index in [0.29, 0.717) is 31.1 Å². The highest BCUT2D eigenvalue weighted by Gasteiger charge is 2.25.